The van der Waals surface area contributed by atoms with Gasteiger partial charge in [-0.2, -0.15) is 4.98 Å². The summed E-state index contributed by atoms with van der Waals surface area (Å²) >= 11 is 0. The molecule has 0 atom stereocenters. The molecule has 1 aromatic carbocycles. The van der Waals surface area contributed by atoms with Gasteiger partial charge >= 0.3 is 0 Å². The van der Waals surface area contributed by atoms with Gasteiger partial charge in [-0.1, -0.05) is 12.1 Å². The van der Waals surface area contributed by atoms with E-state index in [-0.39, 0.29) is 35.2 Å². The average Bonchev–Trinajstić information content (AvgIpc) is 2.79. The molecule has 3 rings (SSSR count). The van der Waals surface area contributed by atoms with E-state index in [0.29, 0.717) is 6.54 Å². The van der Waals surface area contributed by atoms with Crippen LogP contribution in [0.2, 0.25) is 0 Å². The van der Waals surface area contributed by atoms with Crippen LogP contribution in [0.3, 0.4) is 0 Å². The molecule has 2 heterocycles. The van der Waals surface area contributed by atoms with Gasteiger partial charge < -0.3 is 9.64 Å². The van der Waals surface area contributed by atoms with E-state index in [0.717, 1.165) is 11.9 Å². The summed E-state index contributed by atoms with van der Waals surface area (Å²) in [6.45, 7) is 8.91. The van der Waals surface area contributed by atoms with E-state index in [1.165, 1.54) is 12.1 Å². The predicted molar refractivity (Wildman–Crippen MR) is 90.5 cm³/mol. The number of hydrogen-bond donors (Lipinski definition) is 1. The average molecular weight is 348 g/mol. The second-order valence-electron chi connectivity index (χ2n) is 7.14. The molecule has 0 saturated heterocycles. The lowest BCUT2D eigenvalue weighted by molar-refractivity contribution is 0.283. The van der Waals surface area contributed by atoms with Crippen LogP contribution in [-0.4, -0.2) is 21.1 Å². The molecule has 25 heavy (non-hydrogen) atoms. The molecule has 134 valence electrons. The second-order valence-corrected chi connectivity index (χ2v) is 7.14. The van der Waals surface area contributed by atoms with Gasteiger partial charge in [0.25, 0.3) is 0 Å². The van der Waals surface area contributed by atoms with Gasteiger partial charge in [0.2, 0.25) is 11.5 Å². The minimum absolute atomic E-state index is 0.0865. The summed E-state index contributed by atoms with van der Waals surface area (Å²) < 4.78 is 34.4. The quantitative estimate of drug-likeness (QED) is 0.923. The van der Waals surface area contributed by atoms with Crippen LogP contribution in [0.5, 0.6) is 5.88 Å². The molecule has 0 amide bonds. The van der Waals surface area contributed by atoms with Gasteiger partial charge in [-0.3, -0.25) is 9.98 Å². The van der Waals surface area contributed by atoms with Crippen molar-refractivity contribution < 1.29 is 13.5 Å². The van der Waals surface area contributed by atoms with E-state index in [1.54, 1.807) is 6.07 Å². The summed E-state index contributed by atoms with van der Waals surface area (Å²) in [5.41, 5.74) is 0.0531. The zero-order valence-electron chi connectivity index (χ0n) is 14.8. The highest BCUT2D eigenvalue weighted by atomic mass is 19.2. The molecule has 1 aromatic heterocycles. The zero-order valence-corrected chi connectivity index (χ0v) is 14.8. The largest absolute Gasteiger partial charge is 0.473 e. The first-order chi connectivity index (χ1) is 11.7. The van der Waals surface area contributed by atoms with Crippen molar-refractivity contribution in [2.45, 2.75) is 52.4 Å². The lowest BCUT2D eigenvalue weighted by atomic mass is 10.0. The van der Waals surface area contributed by atoms with Crippen molar-refractivity contribution in [2.24, 2.45) is 0 Å². The molecule has 2 aromatic rings. The summed E-state index contributed by atoms with van der Waals surface area (Å²) in [4.78, 5) is 6.35. The van der Waals surface area contributed by atoms with Crippen LogP contribution in [0.25, 0.3) is 0 Å². The number of benzene rings is 1. The van der Waals surface area contributed by atoms with Crippen molar-refractivity contribution in [2.75, 3.05) is 4.90 Å². The molecule has 0 spiro atoms. The normalized spacial score (nSPS) is 15.6. The van der Waals surface area contributed by atoms with Crippen LogP contribution >= 0.6 is 0 Å². The van der Waals surface area contributed by atoms with E-state index in [9.17, 15) is 8.78 Å². The molecule has 0 fully saturated rings. The van der Waals surface area contributed by atoms with Crippen LogP contribution in [0.4, 0.5) is 14.6 Å². The lowest BCUT2D eigenvalue weighted by Crippen LogP contribution is -2.45. The topological polar surface area (TPSA) is 54.1 Å². The Balaban J connectivity index is 1.91. The maximum atomic E-state index is 13.7. The lowest BCUT2D eigenvalue weighted by Gasteiger charge is -2.36. The van der Waals surface area contributed by atoms with Gasteiger partial charge in [0.1, 0.15) is 12.4 Å². The van der Waals surface area contributed by atoms with Crippen molar-refractivity contribution in [3.63, 3.8) is 0 Å². The molecule has 0 aliphatic carbocycles. The van der Waals surface area contributed by atoms with Crippen molar-refractivity contribution in [1.82, 2.24) is 9.55 Å². The third-order valence-corrected chi connectivity index (χ3v) is 4.37. The fourth-order valence-corrected chi connectivity index (χ4v) is 3.47. The first-order valence-electron chi connectivity index (χ1n) is 8.22. The molecular formula is C18H22F2N4O. The fourth-order valence-electron chi connectivity index (χ4n) is 3.47. The van der Waals surface area contributed by atoms with Crippen LogP contribution in [0.15, 0.2) is 24.3 Å². The van der Waals surface area contributed by atoms with Crippen LogP contribution < -0.4 is 15.3 Å². The molecule has 5 nitrogen and oxygen atoms in total. The van der Waals surface area contributed by atoms with Gasteiger partial charge in [0, 0.05) is 17.7 Å². The zero-order chi connectivity index (χ0) is 18.4. The maximum Gasteiger partial charge on any atom is 0.226 e. The van der Waals surface area contributed by atoms with Crippen LogP contribution in [0, 0.1) is 17.0 Å². The Morgan fingerprint density at radius 3 is 2.72 bits per heavy atom. The van der Waals surface area contributed by atoms with E-state index < -0.39 is 11.6 Å². The standard InChI is InChI=1S/C18H22F2N4O/c1-11(2)24-15-8-14(22-17(21)23(15)10-18(24,3)4)25-9-12-6-5-7-13(19)16(12)20/h5-8,11,21H,9-10H2,1-4H3. The second kappa shape index (κ2) is 6.13. The summed E-state index contributed by atoms with van der Waals surface area (Å²) in [6.07, 6.45) is 0. The van der Waals surface area contributed by atoms with Crippen LogP contribution in [-0.2, 0) is 13.2 Å². The smallest absolute Gasteiger partial charge is 0.226 e. The minimum atomic E-state index is -0.922. The van der Waals surface area contributed by atoms with E-state index in [4.69, 9.17) is 10.1 Å². The molecular weight excluding hydrogens is 326 g/mol. The van der Waals surface area contributed by atoms with E-state index in [2.05, 4.69) is 37.6 Å². The molecule has 0 radical (unpaired) electrons. The molecule has 1 aliphatic heterocycles. The van der Waals surface area contributed by atoms with Crippen molar-refractivity contribution >= 4 is 5.82 Å². The highest BCUT2D eigenvalue weighted by Gasteiger charge is 2.38. The van der Waals surface area contributed by atoms with E-state index in [1.807, 2.05) is 4.57 Å². The number of rotatable bonds is 4. The van der Waals surface area contributed by atoms with Gasteiger partial charge in [0.15, 0.2) is 11.6 Å². The van der Waals surface area contributed by atoms with Gasteiger partial charge in [0.05, 0.1) is 12.1 Å². The third kappa shape index (κ3) is 3.10. The molecule has 7 heteroatoms. The van der Waals surface area contributed by atoms with Crippen molar-refractivity contribution in [3.05, 3.63) is 47.1 Å². The number of anilines is 1. The summed E-state index contributed by atoms with van der Waals surface area (Å²) in [5.74, 6) is -0.764. The Morgan fingerprint density at radius 2 is 2.04 bits per heavy atom. The number of ether oxygens (including phenoxy) is 1. The Hall–Kier alpha value is -2.44. The van der Waals surface area contributed by atoms with Crippen molar-refractivity contribution in [3.8, 4) is 5.88 Å². The number of nitrogens with zero attached hydrogens (tertiary/aromatic N) is 3. The summed E-state index contributed by atoms with van der Waals surface area (Å²) in [6, 6.07) is 5.95. The molecule has 0 saturated carbocycles. The van der Waals surface area contributed by atoms with Gasteiger partial charge in [-0.25, -0.2) is 8.78 Å². The summed E-state index contributed by atoms with van der Waals surface area (Å²) in [7, 11) is 0. The van der Waals surface area contributed by atoms with E-state index >= 15 is 0 Å². The Kier molecular flexibility index (Phi) is 4.26. The first-order valence-corrected chi connectivity index (χ1v) is 8.22. The predicted octanol–water partition coefficient (Wildman–Crippen LogP) is 3.23. The number of nitrogens with one attached hydrogen (secondary N) is 1. The number of aromatic nitrogens is 2. The Morgan fingerprint density at radius 1 is 1.32 bits per heavy atom. The SMILES string of the molecule is CC(C)N1c2cc(OCc3cccc(F)c3F)nc(=N)n2CC1(C)C. The molecule has 1 N–H and O–H groups in total. The highest BCUT2D eigenvalue weighted by molar-refractivity contribution is 5.49. The third-order valence-electron chi connectivity index (χ3n) is 4.37. The monoisotopic (exact) mass is 348 g/mol. The molecule has 1 aliphatic rings. The van der Waals surface area contributed by atoms with Gasteiger partial charge in [-0.05, 0) is 33.8 Å². The Labute approximate surface area is 145 Å². The maximum absolute atomic E-state index is 13.7. The summed E-state index contributed by atoms with van der Waals surface area (Å²) in [5, 5.41) is 8.17. The molecule has 0 bridgehead atoms. The van der Waals surface area contributed by atoms with Gasteiger partial charge in [-0.15, -0.1) is 0 Å². The van der Waals surface area contributed by atoms with Crippen molar-refractivity contribution in [1.29, 1.82) is 5.41 Å². The van der Waals surface area contributed by atoms with Crippen LogP contribution in [0.1, 0.15) is 33.3 Å². The first kappa shape index (κ1) is 17.4. The Bertz CT molecular complexity index is 861. The highest BCUT2D eigenvalue weighted by Crippen LogP contribution is 2.35. The fraction of sp³-hybridized carbons (Fsp3) is 0.444. The minimum Gasteiger partial charge on any atom is -0.473 e. The number of fused-ring (bicyclic) bond motifs is 1. The number of hydrogen-bond acceptors (Lipinski definition) is 4. The molecule has 0 unspecified atom stereocenters. The number of halogens is 2.